The maximum absolute atomic E-state index is 8.68. The number of nitrogen functional groups attached to an aromatic ring is 1. The molecule has 0 saturated carbocycles. The van der Waals surface area contributed by atoms with E-state index in [-0.39, 0.29) is 11.6 Å². The number of aromatic nitrogens is 1. The molecule has 0 aliphatic carbocycles. The van der Waals surface area contributed by atoms with E-state index < -0.39 is 5.88 Å². The second kappa shape index (κ2) is 1.81. The van der Waals surface area contributed by atoms with Gasteiger partial charge in [-0.25, -0.2) is 0 Å². The summed E-state index contributed by atoms with van der Waals surface area (Å²) in [6.45, 7) is 0. The maximum Gasteiger partial charge on any atom is 0.256 e. The monoisotopic (exact) mass is 126 g/mol. The van der Waals surface area contributed by atoms with Crippen molar-refractivity contribution < 1.29 is 10.2 Å². The molecule has 48 valence electrons. The number of rotatable bonds is 0. The van der Waals surface area contributed by atoms with Gasteiger partial charge in [-0.1, -0.05) is 0 Å². The fraction of sp³-hybridized carbons (Fsp3) is 0. The molecule has 0 atom stereocenters. The van der Waals surface area contributed by atoms with Crippen LogP contribution in [0.25, 0.3) is 0 Å². The quantitative estimate of drug-likeness (QED) is 0.459. The minimum absolute atomic E-state index is 0.185. The van der Waals surface area contributed by atoms with Crippen LogP contribution in [0.15, 0.2) is 12.1 Å². The molecule has 4 nitrogen and oxygen atoms in total. The fourth-order valence-electron chi connectivity index (χ4n) is 0.456. The Bertz CT molecular complexity index is 224. The molecule has 4 heteroatoms. The van der Waals surface area contributed by atoms with Gasteiger partial charge in [-0.05, 0) is 12.1 Å². The van der Waals surface area contributed by atoms with Crippen molar-refractivity contribution in [2.45, 2.75) is 0 Å². The van der Waals surface area contributed by atoms with Gasteiger partial charge < -0.3 is 15.9 Å². The van der Waals surface area contributed by atoms with Gasteiger partial charge in [-0.3, -0.25) is 0 Å². The standard InChI is InChI=1S/C5H6N2O2/c6-4-2-1-3(8)5(9)7-4/h1-2,8H,(H3,6,7,9). The zero-order valence-corrected chi connectivity index (χ0v) is 4.57. The van der Waals surface area contributed by atoms with Crippen molar-refractivity contribution in [2.24, 2.45) is 0 Å². The van der Waals surface area contributed by atoms with E-state index in [9.17, 15) is 0 Å². The van der Waals surface area contributed by atoms with Crippen LogP contribution in [0.2, 0.25) is 0 Å². The van der Waals surface area contributed by atoms with E-state index in [0.29, 0.717) is 0 Å². The summed E-state index contributed by atoms with van der Waals surface area (Å²) < 4.78 is 0. The summed E-state index contributed by atoms with van der Waals surface area (Å²) in [5.74, 6) is -0.510. The van der Waals surface area contributed by atoms with Crippen molar-refractivity contribution in [1.29, 1.82) is 0 Å². The van der Waals surface area contributed by atoms with Gasteiger partial charge in [0.1, 0.15) is 5.82 Å². The Kier molecular flexibility index (Phi) is 1.14. The lowest BCUT2D eigenvalue weighted by Crippen LogP contribution is -1.87. The summed E-state index contributed by atoms with van der Waals surface area (Å²) in [6.07, 6.45) is 0. The highest BCUT2D eigenvalue weighted by Crippen LogP contribution is 2.21. The van der Waals surface area contributed by atoms with E-state index >= 15 is 0 Å². The van der Waals surface area contributed by atoms with Crippen LogP contribution in [0.4, 0.5) is 5.82 Å². The van der Waals surface area contributed by atoms with Crippen molar-refractivity contribution in [2.75, 3.05) is 5.73 Å². The van der Waals surface area contributed by atoms with Crippen LogP contribution < -0.4 is 5.73 Å². The Balaban J connectivity index is 3.17. The van der Waals surface area contributed by atoms with E-state index in [0.717, 1.165) is 0 Å². The average Bonchev–Trinajstić information content (AvgIpc) is 1.80. The molecule has 9 heavy (non-hydrogen) atoms. The first-order chi connectivity index (χ1) is 4.20. The number of anilines is 1. The maximum atomic E-state index is 8.68. The van der Waals surface area contributed by atoms with Gasteiger partial charge in [0.2, 0.25) is 0 Å². The van der Waals surface area contributed by atoms with E-state index in [1.54, 1.807) is 0 Å². The highest BCUT2D eigenvalue weighted by atomic mass is 16.3. The molecule has 0 aromatic carbocycles. The number of nitrogens with two attached hydrogens (primary N) is 1. The fourth-order valence-corrected chi connectivity index (χ4v) is 0.456. The third-order valence-corrected chi connectivity index (χ3v) is 0.876. The Morgan fingerprint density at radius 3 is 2.44 bits per heavy atom. The molecule has 0 unspecified atom stereocenters. The van der Waals surface area contributed by atoms with E-state index in [1.807, 2.05) is 0 Å². The Morgan fingerprint density at radius 2 is 2.00 bits per heavy atom. The second-order valence-corrected chi connectivity index (χ2v) is 1.58. The van der Waals surface area contributed by atoms with Crippen LogP contribution in [-0.2, 0) is 0 Å². The molecule has 0 amide bonds. The normalized spacial score (nSPS) is 9.33. The van der Waals surface area contributed by atoms with Gasteiger partial charge >= 0.3 is 0 Å². The molecular formula is C5H6N2O2. The molecule has 0 aliphatic heterocycles. The van der Waals surface area contributed by atoms with Gasteiger partial charge in [-0.15, -0.1) is 0 Å². The van der Waals surface area contributed by atoms with Crippen molar-refractivity contribution >= 4 is 5.82 Å². The van der Waals surface area contributed by atoms with Crippen LogP contribution in [0, 0.1) is 0 Å². The number of pyridine rings is 1. The van der Waals surface area contributed by atoms with Crippen molar-refractivity contribution in [3.63, 3.8) is 0 Å². The van der Waals surface area contributed by atoms with Gasteiger partial charge in [0.15, 0.2) is 5.75 Å². The molecule has 1 heterocycles. The van der Waals surface area contributed by atoms with E-state index in [1.165, 1.54) is 12.1 Å². The molecule has 1 aromatic rings. The van der Waals surface area contributed by atoms with Gasteiger partial charge in [0.25, 0.3) is 5.88 Å². The summed E-state index contributed by atoms with van der Waals surface area (Å²) in [5.41, 5.74) is 5.15. The minimum atomic E-state index is -0.435. The molecule has 1 aromatic heterocycles. The van der Waals surface area contributed by atoms with Crippen LogP contribution in [0.5, 0.6) is 11.6 Å². The van der Waals surface area contributed by atoms with E-state index in [2.05, 4.69) is 4.98 Å². The van der Waals surface area contributed by atoms with Crippen LogP contribution in [0.3, 0.4) is 0 Å². The lowest BCUT2D eigenvalue weighted by Gasteiger charge is -1.94. The Morgan fingerprint density at radius 1 is 1.33 bits per heavy atom. The molecule has 4 N–H and O–H groups in total. The number of nitrogens with zero attached hydrogens (tertiary/aromatic N) is 1. The Labute approximate surface area is 51.6 Å². The molecule has 1 rings (SSSR count). The summed E-state index contributed by atoms with van der Waals surface area (Å²) in [7, 11) is 0. The largest absolute Gasteiger partial charge is 0.503 e. The number of hydrogen-bond donors (Lipinski definition) is 3. The second-order valence-electron chi connectivity index (χ2n) is 1.58. The first-order valence-electron chi connectivity index (χ1n) is 2.34. The van der Waals surface area contributed by atoms with Gasteiger partial charge in [0, 0.05) is 0 Å². The Hall–Kier alpha value is -1.45. The van der Waals surface area contributed by atoms with Crippen LogP contribution >= 0.6 is 0 Å². The highest BCUT2D eigenvalue weighted by molar-refractivity contribution is 5.39. The third kappa shape index (κ3) is 1.02. The van der Waals surface area contributed by atoms with E-state index in [4.69, 9.17) is 15.9 Å². The summed E-state index contributed by atoms with van der Waals surface area (Å²) in [5, 5.41) is 17.3. The molecule has 0 aliphatic rings. The molecule has 0 fully saturated rings. The van der Waals surface area contributed by atoms with Crippen molar-refractivity contribution in [1.82, 2.24) is 4.98 Å². The SMILES string of the molecule is Nc1ccc(O)c(O)n1. The van der Waals surface area contributed by atoms with Crippen molar-refractivity contribution in [3.8, 4) is 11.6 Å². The number of hydrogen-bond acceptors (Lipinski definition) is 4. The van der Waals surface area contributed by atoms with Crippen LogP contribution in [-0.4, -0.2) is 15.2 Å². The smallest absolute Gasteiger partial charge is 0.256 e. The zero-order valence-electron chi connectivity index (χ0n) is 4.57. The minimum Gasteiger partial charge on any atom is -0.503 e. The lowest BCUT2D eigenvalue weighted by atomic mass is 10.4. The van der Waals surface area contributed by atoms with Gasteiger partial charge in [0.05, 0.1) is 0 Å². The highest BCUT2D eigenvalue weighted by Gasteiger charge is 1.97. The predicted molar refractivity (Wildman–Crippen MR) is 32.0 cm³/mol. The number of aromatic hydroxyl groups is 2. The molecule has 0 saturated heterocycles. The van der Waals surface area contributed by atoms with Crippen LogP contribution in [0.1, 0.15) is 0 Å². The summed E-state index contributed by atoms with van der Waals surface area (Å²) in [6, 6.07) is 2.67. The summed E-state index contributed by atoms with van der Waals surface area (Å²) in [4.78, 5) is 3.36. The summed E-state index contributed by atoms with van der Waals surface area (Å²) >= 11 is 0. The molecule has 0 spiro atoms. The molecule has 0 bridgehead atoms. The average molecular weight is 126 g/mol. The lowest BCUT2D eigenvalue weighted by molar-refractivity contribution is 0.389. The zero-order chi connectivity index (χ0) is 6.85. The van der Waals surface area contributed by atoms with Crippen molar-refractivity contribution in [3.05, 3.63) is 12.1 Å². The first-order valence-corrected chi connectivity index (χ1v) is 2.34. The van der Waals surface area contributed by atoms with Gasteiger partial charge in [-0.2, -0.15) is 4.98 Å². The topological polar surface area (TPSA) is 79.4 Å². The third-order valence-electron chi connectivity index (χ3n) is 0.876. The molecular weight excluding hydrogens is 120 g/mol. The molecule has 0 radical (unpaired) electrons. The first kappa shape index (κ1) is 5.68. The predicted octanol–water partition coefficient (Wildman–Crippen LogP) is 0.0750.